The number of hydrogen-bond acceptors (Lipinski definition) is 4. The molecule has 26 heavy (non-hydrogen) atoms. The maximum absolute atomic E-state index is 12.9. The van der Waals surface area contributed by atoms with E-state index in [9.17, 15) is 22.4 Å². The minimum absolute atomic E-state index is 0.0597. The van der Waals surface area contributed by atoms with E-state index in [1.165, 1.54) is 18.2 Å². The first-order chi connectivity index (χ1) is 12.2. The molecule has 0 aliphatic rings. The quantitative estimate of drug-likeness (QED) is 0.682. The minimum Gasteiger partial charge on any atom is -0.478 e. The Kier molecular flexibility index (Phi) is 6.06. The monoisotopic (exact) mass is 380 g/mol. The molecule has 2 aromatic rings. The SMILES string of the molecule is CCC(NS(=O)(=O)c1ccc(F)cc1)C(=O)Nc1ccccc1C(=O)O. The molecule has 0 saturated carbocycles. The third-order valence-electron chi connectivity index (χ3n) is 3.56. The van der Waals surface area contributed by atoms with Crippen LogP contribution in [0.3, 0.4) is 0 Å². The molecule has 0 heterocycles. The van der Waals surface area contributed by atoms with E-state index in [0.29, 0.717) is 0 Å². The summed E-state index contributed by atoms with van der Waals surface area (Å²) in [5.74, 6) is -2.51. The van der Waals surface area contributed by atoms with Gasteiger partial charge in [-0.25, -0.2) is 17.6 Å². The second kappa shape index (κ2) is 8.07. The van der Waals surface area contributed by atoms with E-state index in [0.717, 1.165) is 24.3 Å². The number of nitrogens with one attached hydrogen (secondary N) is 2. The minimum atomic E-state index is -4.05. The van der Waals surface area contributed by atoms with Gasteiger partial charge < -0.3 is 10.4 Å². The number of para-hydroxylation sites is 1. The van der Waals surface area contributed by atoms with Crippen LogP contribution in [0, 0.1) is 5.82 Å². The first-order valence-electron chi connectivity index (χ1n) is 7.65. The largest absolute Gasteiger partial charge is 0.478 e. The zero-order chi connectivity index (χ0) is 19.3. The van der Waals surface area contributed by atoms with E-state index in [4.69, 9.17) is 5.11 Å². The molecule has 2 aromatic carbocycles. The van der Waals surface area contributed by atoms with E-state index >= 15 is 0 Å². The van der Waals surface area contributed by atoms with E-state index < -0.39 is 33.8 Å². The maximum atomic E-state index is 12.9. The highest BCUT2D eigenvalue weighted by molar-refractivity contribution is 7.89. The zero-order valence-electron chi connectivity index (χ0n) is 13.8. The average molecular weight is 380 g/mol. The number of carbonyl (C=O) groups is 2. The van der Waals surface area contributed by atoms with Crippen LogP contribution in [0.1, 0.15) is 23.7 Å². The molecular formula is C17H17FN2O5S. The number of carboxylic acids is 1. The van der Waals surface area contributed by atoms with Crippen LogP contribution in [-0.2, 0) is 14.8 Å². The average Bonchev–Trinajstić information content (AvgIpc) is 2.60. The van der Waals surface area contributed by atoms with Crippen molar-refractivity contribution in [2.24, 2.45) is 0 Å². The van der Waals surface area contributed by atoms with E-state index in [2.05, 4.69) is 10.0 Å². The Balaban J connectivity index is 2.19. The molecular weight excluding hydrogens is 363 g/mol. The van der Waals surface area contributed by atoms with Crippen LogP contribution < -0.4 is 10.0 Å². The summed E-state index contributed by atoms with van der Waals surface area (Å²) in [6.45, 7) is 1.60. The smallest absolute Gasteiger partial charge is 0.337 e. The maximum Gasteiger partial charge on any atom is 0.337 e. The van der Waals surface area contributed by atoms with Gasteiger partial charge in [-0.05, 0) is 42.8 Å². The first kappa shape index (κ1) is 19.5. The summed E-state index contributed by atoms with van der Waals surface area (Å²) >= 11 is 0. The third-order valence-corrected chi connectivity index (χ3v) is 5.05. The van der Waals surface area contributed by atoms with Crippen molar-refractivity contribution in [2.75, 3.05) is 5.32 Å². The van der Waals surface area contributed by atoms with Crippen molar-refractivity contribution in [3.8, 4) is 0 Å². The van der Waals surface area contributed by atoms with Crippen molar-refractivity contribution in [3.05, 3.63) is 59.9 Å². The van der Waals surface area contributed by atoms with Crippen molar-refractivity contribution in [3.63, 3.8) is 0 Å². The first-order valence-corrected chi connectivity index (χ1v) is 9.14. The highest BCUT2D eigenvalue weighted by atomic mass is 32.2. The number of carbonyl (C=O) groups excluding carboxylic acids is 1. The van der Waals surface area contributed by atoms with Crippen LogP contribution >= 0.6 is 0 Å². The molecule has 9 heteroatoms. The molecule has 7 nitrogen and oxygen atoms in total. The number of amides is 1. The van der Waals surface area contributed by atoms with Gasteiger partial charge in [0.15, 0.2) is 0 Å². The number of rotatable bonds is 7. The Morgan fingerprint density at radius 1 is 1.12 bits per heavy atom. The summed E-state index contributed by atoms with van der Waals surface area (Å²) in [7, 11) is -4.05. The van der Waals surface area contributed by atoms with Crippen molar-refractivity contribution < 1.29 is 27.5 Å². The molecule has 3 N–H and O–H groups in total. The lowest BCUT2D eigenvalue weighted by Crippen LogP contribution is -2.43. The predicted molar refractivity (Wildman–Crippen MR) is 92.8 cm³/mol. The van der Waals surface area contributed by atoms with Crippen molar-refractivity contribution >= 4 is 27.6 Å². The Bertz CT molecular complexity index is 913. The van der Waals surface area contributed by atoms with Crippen LogP contribution in [-0.4, -0.2) is 31.4 Å². The van der Waals surface area contributed by atoms with Crippen LogP contribution in [0.5, 0.6) is 0 Å². The van der Waals surface area contributed by atoms with Gasteiger partial charge in [0, 0.05) is 0 Å². The molecule has 1 unspecified atom stereocenters. The molecule has 138 valence electrons. The van der Waals surface area contributed by atoms with Gasteiger partial charge in [-0.2, -0.15) is 4.72 Å². The number of halogens is 1. The number of anilines is 1. The van der Waals surface area contributed by atoms with Crippen LogP contribution in [0.2, 0.25) is 0 Å². The van der Waals surface area contributed by atoms with Crippen LogP contribution in [0.4, 0.5) is 10.1 Å². The van der Waals surface area contributed by atoms with Gasteiger partial charge >= 0.3 is 5.97 Å². The fourth-order valence-corrected chi connectivity index (χ4v) is 3.47. The molecule has 0 aliphatic heterocycles. The Morgan fingerprint density at radius 2 is 1.73 bits per heavy atom. The normalized spacial score (nSPS) is 12.4. The van der Waals surface area contributed by atoms with E-state index in [-0.39, 0.29) is 22.6 Å². The van der Waals surface area contributed by atoms with Gasteiger partial charge in [0.05, 0.1) is 16.1 Å². The summed E-state index contributed by atoms with van der Waals surface area (Å²) in [5, 5.41) is 11.6. The number of aromatic carboxylic acids is 1. The van der Waals surface area contributed by atoms with E-state index in [1.807, 2.05) is 0 Å². The predicted octanol–water partition coefficient (Wildman–Crippen LogP) is 2.22. The Hall–Kier alpha value is -2.78. The summed E-state index contributed by atoms with van der Waals surface area (Å²) in [4.78, 5) is 23.4. The molecule has 0 spiro atoms. The molecule has 1 atom stereocenters. The summed E-state index contributed by atoms with van der Waals surface area (Å²) in [6, 6.07) is 8.82. The number of hydrogen-bond donors (Lipinski definition) is 3. The van der Waals surface area contributed by atoms with Gasteiger partial charge in [0.1, 0.15) is 11.9 Å². The number of benzene rings is 2. The lowest BCUT2D eigenvalue weighted by molar-refractivity contribution is -0.117. The van der Waals surface area contributed by atoms with Gasteiger partial charge in [0.25, 0.3) is 0 Å². The van der Waals surface area contributed by atoms with Gasteiger partial charge in [0.2, 0.25) is 15.9 Å². The molecule has 2 rings (SSSR count). The fraction of sp³-hybridized carbons (Fsp3) is 0.176. The van der Waals surface area contributed by atoms with Gasteiger partial charge in [-0.1, -0.05) is 19.1 Å². The van der Waals surface area contributed by atoms with E-state index in [1.54, 1.807) is 13.0 Å². The lowest BCUT2D eigenvalue weighted by atomic mass is 10.1. The zero-order valence-corrected chi connectivity index (χ0v) is 14.6. The molecule has 0 bridgehead atoms. The second-order valence-corrected chi connectivity index (χ2v) is 7.09. The summed E-state index contributed by atoms with van der Waals surface area (Å²) in [5.41, 5.74) is -0.0541. The third kappa shape index (κ3) is 4.64. The molecule has 0 fully saturated rings. The van der Waals surface area contributed by atoms with Crippen LogP contribution in [0.25, 0.3) is 0 Å². The van der Waals surface area contributed by atoms with Crippen molar-refractivity contribution in [1.29, 1.82) is 0 Å². The highest BCUT2D eigenvalue weighted by Gasteiger charge is 2.25. The van der Waals surface area contributed by atoms with Crippen molar-refractivity contribution in [1.82, 2.24) is 4.72 Å². The van der Waals surface area contributed by atoms with Gasteiger partial charge in [-0.15, -0.1) is 0 Å². The molecule has 1 amide bonds. The van der Waals surface area contributed by atoms with Crippen LogP contribution in [0.15, 0.2) is 53.4 Å². The molecule has 0 radical (unpaired) electrons. The molecule has 0 aromatic heterocycles. The summed E-state index contributed by atoms with van der Waals surface area (Å²) < 4.78 is 39.9. The highest BCUT2D eigenvalue weighted by Crippen LogP contribution is 2.16. The van der Waals surface area contributed by atoms with Gasteiger partial charge in [-0.3, -0.25) is 4.79 Å². The molecule has 0 saturated heterocycles. The number of carboxylic acid groups (broad SMARTS) is 1. The topological polar surface area (TPSA) is 113 Å². The Morgan fingerprint density at radius 3 is 2.31 bits per heavy atom. The lowest BCUT2D eigenvalue weighted by Gasteiger charge is -2.17. The summed E-state index contributed by atoms with van der Waals surface area (Å²) in [6.07, 6.45) is 0.126. The van der Waals surface area contributed by atoms with Crippen molar-refractivity contribution in [2.45, 2.75) is 24.3 Å². The number of sulfonamides is 1. The molecule has 0 aliphatic carbocycles. The fourth-order valence-electron chi connectivity index (χ4n) is 2.19. The Labute approximate surface area is 149 Å². The standard InChI is InChI=1S/C17H17FN2O5S/c1-2-14(20-26(24,25)12-9-7-11(18)8-10-12)16(21)19-15-6-4-3-5-13(15)17(22)23/h3-10,14,20H,2H2,1H3,(H,19,21)(H,22,23). The second-order valence-electron chi connectivity index (χ2n) is 5.38.